The van der Waals surface area contributed by atoms with Crippen molar-refractivity contribution in [1.82, 2.24) is 0 Å². The van der Waals surface area contributed by atoms with Gasteiger partial charge in [-0.05, 0) is 18.6 Å². The zero-order chi connectivity index (χ0) is 10.2. The van der Waals surface area contributed by atoms with Crippen molar-refractivity contribution >= 4 is 44.4 Å². The van der Waals surface area contributed by atoms with Crippen LogP contribution in [0.4, 0.5) is 4.39 Å². The van der Waals surface area contributed by atoms with Gasteiger partial charge in [0.05, 0.1) is 0 Å². The summed E-state index contributed by atoms with van der Waals surface area (Å²) < 4.78 is 14.1. The van der Waals surface area contributed by atoms with Crippen LogP contribution in [0.3, 0.4) is 0 Å². The van der Waals surface area contributed by atoms with Crippen LogP contribution >= 0.6 is 31.9 Å². The lowest BCUT2D eigenvalue weighted by molar-refractivity contribution is 0.422. The highest BCUT2D eigenvalue weighted by molar-refractivity contribution is 9.11. The van der Waals surface area contributed by atoms with Crippen LogP contribution in [-0.4, -0.2) is 17.2 Å². The van der Waals surface area contributed by atoms with E-state index in [1.807, 2.05) is 0 Å². The van der Waals surface area contributed by atoms with Gasteiger partial charge >= 0.3 is 7.12 Å². The fourth-order valence-corrected chi connectivity index (χ4v) is 2.22. The Morgan fingerprint density at radius 1 is 1.38 bits per heavy atom. The van der Waals surface area contributed by atoms with E-state index in [2.05, 4.69) is 31.9 Å². The van der Waals surface area contributed by atoms with Gasteiger partial charge in [0.15, 0.2) is 0 Å². The Balaban J connectivity index is 3.44. The van der Waals surface area contributed by atoms with E-state index in [0.29, 0.717) is 8.95 Å². The predicted octanol–water partition coefficient (Wildman–Crippen LogP) is 1.34. The molecule has 2 nitrogen and oxygen atoms in total. The zero-order valence-electron chi connectivity index (χ0n) is 6.68. The monoisotopic (exact) mass is 310 g/mol. The van der Waals surface area contributed by atoms with Gasteiger partial charge in [-0.15, -0.1) is 0 Å². The summed E-state index contributed by atoms with van der Waals surface area (Å²) in [6, 6.07) is 1.20. The predicted molar refractivity (Wildman–Crippen MR) is 56.4 cm³/mol. The molecule has 0 aromatic heterocycles. The second-order valence-electron chi connectivity index (χ2n) is 2.57. The molecular formula is C7H6BBr2FO2. The van der Waals surface area contributed by atoms with Crippen LogP contribution in [0.15, 0.2) is 15.0 Å². The summed E-state index contributed by atoms with van der Waals surface area (Å²) in [6.45, 7) is 1.74. The summed E-state index contributed by atoms with van der Waals surface area (Å²) in [5.41, 5.74) is 0.588. The molecule has 0 heterocycles. The fraction of sp³-hybridized carbons (Fsp3) is 0.143. The van der Waals surface area contributed by atoms with Gasteiger partial charge in [-0.1, -0.05) is 31.9 Å². The quantitative estimate of drug-likeness (QED) is 0.769. The summed E-state index contributed by atoms with van der Waals surface area (Å²) in [4.78, 5) is 0. The minimum Gasteiger partial charge on any atom is -0.423 e. The van der Waals surface area contributed by atoms with Crippen molar-refractivity contribution in [3.8, 4) is 0 Å². The molecule has 13 heavy (non-hydrogen) atoms. The summed E-state index contributed by atoms with van der Waals surface area (Å²) in [5, 5.41) is 17.7. The number of hydrogen-bond acceptors (Lipinski definition) is 2. The van der Waals surface area contributed by atoms with Gasteiger partial charge in [0, 0.05) is 14.4 Å². The number of benzene rings is 1. The van der Waals surface area contributed by atoms with Crippen LogP contribution in [0.2, 0.25) is 0 Å². The van der Waals surface area contributed by atoms with Gasteiger partial charge in [0.25, 0.3) is 0 Å². The first-order valence-corrected chi connectivity index (χ1v) is 5.04. The number of hydrogen-bond donors (Lipinski definition) is 2. The Morgan fingerprint density at radius 2 is 1.92 bits per heavy atom. The molecule has 0 amide bonds. The molecule has 1 aromatic rings. The summed E-state index contributed by atoms with van der Waals surface area (Å²) in [7, 11) is -1.80. The lowest BCUT2D eigenvalue weighted by Crippen LogP contribution is -2.34. The maximum Gasteiger partial charge on any atom is 0.492 e. The van der Waals surface area contributed by atoms with Crippen LogP contribution in [-0.2, 0) is 0 Å². The van der Waals surface area contributed by atoms with Gasteiger partial charge < -0.3 is 10.0 Å². The molecule has 2 N–H and O–H groups in total. The molecule has 0 aliphatic heterocycles. The van der Waals surface area contributed by atoms with E-state index in [0.717, 1.165) is 5.56 Å². The van der Waals surface area contributed by atoms with Crippen LogP contribution in [0.25, 0.3) is 0 Å². The van der Waals surface area contributed by atoms with Crippen LogP contribution in [0.5, 0.6) is 0 Å². The molecule has 0 saturated heterocycles. The summed E-state index contributed by atoms with van der Waals surface area (Å²) >= 11 is 6.24. The van der Waals surface area contributed by atoms with Crippen molar-refractivity contribution in [3.63, 3.8) is 0 Å². The summed E-state index contributed by atoms with van der Waals surface area (Å²) in [5.74, 6) is -0.653. The first-order valence-electron chi connectivity index (χ1n) is 3.45. The minimum atomic E-state index is -1.80. The van der Waals surface area contributed by atoms with Gasteiger partial charge in [-0.2, -0.15) is 0 Å². The molecule has 0 radical (unpaired) electrons. The van der Waals surface area contributed by atoms with Crippen LogP contribution in [0, 0.1) is 12.7 Å². The molecule has 6 heteroatoms. The molecule has 0 atom stereocenters. The van der Waals surface area contributed by atoms with Crippen LogP contribution < -0.4 is 5.46 Å². The van der Waals surface area contributed by atoms with E-state index in [4.69, 9.17) is 10.0 Å². The van der Waals surface area contributed by atoms with E-state index in [1.165, 1.54) is 6.07 Å². The van der Waals surface area contributed by atoms with E-state index >= 15 is 0 Å². The third kappa shape index (κ3) is 2.12. The topological polar surface area (TPSA) is 40.5 Å². The third-order valence-electron chi connectivity index (χ3n) is 1.69. The Bertz CT molecular complexity index is 344. The standard InChI is InChI=1S/C7H6BBr2FO2/c1-3-4(9)2-5(11)6(7(3)10)8(12)13/h2,12-13H,1H3. The average Bonchev–Trinajstić information content (AvgIpc) is 1.99. The molecule has 70 valence electrons. The maximum atomic E-state index is 13.2. The molecule has 1 rings (SSSR count). The van der Waals surface area contributed by atoms with Crippen molar-refractivity contribution in [2.75, 3.05) is 0 Å². The Labute approximate surface area is 92.2 Å². The molecular weight excluding hydrogens is 306 g/mol. The van der Waals surface area contributed by atoms with Crippen molar-refractivity contribution in [1.29, 1.82) is 0 Å². The van der Waals surface area contributed by atoms with Crippen molar-refractivity contribution < 1.29 is 14.4 Å². The van der Waals surface area contributed by atoms with Crippen LogP contribution in [0.1, 0.15) is 5.56 Å². The average molecular weight is 312 g/mol. The molecule has 0 bridgehead atoms. The lowest BCUT2D eigenvalue weighted by Gasteiger charge is -2.09. The zero-order valence-corrected chi connectivity index (χ0v) is 9.86. The van der Waals surface area contributed by atoms with E-state index < -0.39 is 12.9 Å². The molecule has 0 aliphatic carbocycles. The fourth-order valence-electron chi connectivity index (χ4n) is 0.946. The highest BCUT2D eigenvalue weighted by atomic mass is 79.9. The molecule has 0 aliphatic rings. The molecule has 0 saturated carbocycles. The number of rotatable bonds is 1. The van der Waals surface area contributed by atoms with Crippen molar-refractivity contribution in [2.45, 2.75) is 6.92 Å². The third-order valence-corrected chi connectivity index (χ3v) is 3.54. The van der Waals surface area contributed by atoms with Gasteiger partial charge in [0.1, 0.15) is 5.82 Å². The normalized spacial score (nSPS) is 10.3. The SMILES string of the molecule is Cc1c(Br)cc(F)c(B(O)O)c1Br. The Hall–Kier alpha value is 0.0949. The first-order chi connectivity index (χ1) is 5.95. The van der Waals surface area contributed by atoms with E-state index in [1.54, 1.807) is 6.92 Å². The van der Waals surface area contributed by atoms with E-state index in [9.17, 15) is 4.39 Å². The summed E-state index contributed by atoms with van der Waals surface area (Å²) in [6.07, 6.45) is 0. The minimum absolute atomic E-state index is 0.138. The molecule has 0 fully saturated rings. The molecule has 0 unspecified atom stereocenters. The van der Waals surface area contributed by atoms with Crippen molar-refractivity contribution in [2.24, 2.45) is 0 Å². The van der Waals surface area contributed by atoms with Gasteiger partial charge in [-0.25, -0.2) is 4.39 Å². The molecule has 1 aromatic carbocycles. The van der Waals surface area contributed by atoms with Gasteiger partial charge in [-0.3, -0.25) is 0 Å². The largest absolute Gasteiger partial charge is 0.492 e. The van der Waals surface area contributed by atoms with Gasteiger partial charge in [0.2, 0.25) is 0 Å². The second kappa shape index (κ2) is 4.08. The van der Waals surface area contributed by atoms with Crippen molar-refractivity contribution in [3.05, 3.63) is 26.4 Å². The maximum absolute atomic E-state index is 13.2. The Kier molecular flexibility index (Phi) is 3.51. The van der Waals surface area contributed by atoms with E-state index in [-0.39, 0.29) is 5.46 Å². The number of halogens is 3. The first kappa shape index (κ1) is 11.2. The second-order valence-corrected chi connectivity index (χ2v) is 4.21. The highest BCUT2D eigenvalue weighted by Crippen LogP contribution is 2.24. The molecule has 0 spiro atoms. The highest BCUT2D eigenvalue weighted by Gasteiger charge is 2.22. The Morgan fingerprint density at radius 3 is 2.38 bits per heavy atom. The smallest absolute Gasteiger partial charge is 0.423 e. The lowest BCUT2D eigenvalue weighted by atomic mass is 9.79.